The minimum absolute atomic E-state index is 0. The number of halogens is 2. The Morgan fingerprint density at radius 2 is 2.00 bits per heavy atom. The summed E-state index contributed by atoms with van der Waals surface area (Å²) in [5.41, 5.74) is 10.4. The Morgan fingerprint density at radius 1 is 1.39 bits per heavy atom. The molecule has 18 heavy (non-hydrogen) atoms. The summed E-state index contributed by atoms with van der Waals surface area (Å²) in [5, 5.41) is 8.91. The maximum atomic E-state index is 8.91. The van der Waals surface area contributed by atoms with E-state index in [0.717, 1.165) is 12.2 Å². The van der Waals surface area contributed by atoms with Crippen molar-refractivity contribution in [2.75, 3.05) is 19.7 Å². The van der Waals surface area contributed by atoms with Crippen molar-refractivity contribution in [3.63, 3.8) is 0 Å². The summed E-state index contributed by atoms with van der Waals surface area (Å²) in [6, 6.07) is 0. The molecule has 1 N–H and O–H groups in total. The van der Waals surface area contributed by atoms with Gasteiger partial charge in [0.05, 0.1) is 12.5 Å². The second-order valence-corrected chi connectivity index (χ2v) is 3.54. The van der Waals surface area contributed by atoms with E-state index in [1.807, 2.05) is 26.0 Å². The Labute approximate surface area is 133 Å². The second-order valence-electron chi connectivity index (χ2n) is 3.54. The second kappa shape index (κ2) is 11.9. The molecule has 0 amide bonds. The van der Waals surface area contributed by atoms with Crippen molar-refractivity contribution in [2.24, 2.45) is 5.92 Å². The molecule has 0 aliphatic heterocycles. The summed E-state index contributed by atoms with van der Waals surface area (Å²) < 4.78 is 0. The fourth-order valence-electron chi connectivity index (χ4n) is 1.65. The normalized spacial score (nSPS) is 16.5. The molecule has 0 aromatic rings. The van der Waals surface area contributed by atoms with Crippen LogP contribution in [0.3, 0.4) is 0 Å². The van der Waals surface area contributed by atoms with E-state index < -0.39 is 0 Å². The summed E-state index contributed by atoms with van der Waals surface area (Å²) in [6.07, 6.45) is 5.75. The van der Waals surface area contributed by atoms with E-state index in [9.17, 15) is 0 Å². The molecule has 0 saturated carbocycles. The Morgan fingerprint density at radius 3 is 2.39 bits per heavy atom. The first-order valence-corrected chi connectivity index (χ1v) is 5.20. The van der Waals surface area contributed by atoms with Crippen LogP contribution in [0.5, 0.6) is 0 Å². The van der Waals surface area contributed by atoms with E-state index in [2.05, 4.69) is 9.69 Å². The van der Waals surface area contributed by atoms with Crippen LogP contribution in [0, 0.1) is 5.92 Å². The van der Waals surface area contributed by atoms with Crippen LogP contribution < -0.4 is 24.8 Å². The van der Waals surface area contributed by atoms with E-state index in [-0.39, 0.29) is 56.8 Å². The zero-order chi connectivity index (χ0) is 11.3. The van der Waals surface area contributed by atoms with Crippen LogP contribution in [0.4, 0.5) is 0 Å². The maximum absolute atomic E-state index is 8.91. The van der Waals surface area contributed by atoms with Crippen LogP contribution in [0.15, 0.2) is 23.9 Å². The van der Waals surface area contributed by atoms with Gasteiger partial charge in [-0.05, 0) is 26.0 Å². The number of aliphatic hydroxyl groups is 1. The van der Waals surface area contributed by atoms with Gasteiger partial charge >= 0.3 is 19.5 Å². The standard InChI is InChI=1S/C11H17N3O.2ClH.Zn/c1-3-14(6-7-15)10-4-5-11(13-12)9(2)8-10;;;/h4-5,8-9,15H,3,6-7H2,1-2H3;2*1H;/q;;;+2/p-2. The minimum atomic E-state index is 0. The summed E-state index contributed by atoms with van der Waals surface area (Å²) >= 11 is 0. The smallest absolute Gasteiger partial charge is 1.00 e. The van der Waals surface area contributed by atoms with E-state index >= 15 is 0 Å². The van der Waals surface area contributed by atoms with Gasteiger partial charge in [-0.3, -0.25) is 0 Å². The third-order valence-corrected chi connectivity index (χ3v) is 2.54. The Hall–Kier alpha value is -0.177. The molecule has 0 aromatic heterocycles. The monoisotopic (exact) mass is 341 g/mol. The van der Waals surface area contributed by atoms with Gasteiger partial charge in [-0.2, -0.15) is 4.79 Å². The van der Waals surface area contributed by atoms with Crippen molar-refractivity contribution >= 4 is 5.71 Å². The third-order valence-electron chi connectivity index (χ3n) is 2.54. The van der Waals surface area contributed by atoms with Gasteiger partial charge in [0.2, 0.25) is 0 Å². The van der Waals surface area contributed by atoms with Crippen LogP contribution in [0.2, 0.25) is 0 Å². The van der Waals surface area contributed by atoms with E-state index in [4.69, 9.17) is 10.6 Å². The number of rotatable bonds is 4. The number of allylic oxidation sites excluding steroid dienone is 3. The average Bonchev–Trinajstić information content (AvgIpc) is 2.25. The molecule has 0 radical (unpaired) electrons. The molecule has 1 aliphatic rings. The molecular weight excluding hydrogens is 326 g/mol. The van der Waals surface area contributed by atoms with E-state index in [1.165, 1.54) is 0 Å². The van der Waals surface area contributed by atoms with E-state index in [1.54, 1.807) is 6.08 Å². The first kappa shape index (κ1) is 23.0. The molecule has 0 heterocycles. The Balaban J connectivity index is -0.000000750. The largest absolute Gasteiger partial charge is 2.00 e. The van der Waals surface area contributed by atoms with Crippen molar-refractivity contribution in [1.29, 1.82) is 0 Å². The molecule has 1 unspecified atom stereocenters. The third kappa shape index (κ3) is 6.13. The average molecular weight is 344 g/mol. The van der Waals surface area contributed by atoms with Gasteiger partial charge in [0, 0.05) is 24.9 Å². The first-order chi connectivity index (χ1) is 7.22. The van der Waals surface area contributed by atoms with Gasteiger partial charge in [-0.1, -0.05) is 0 Å². The van der Waals surface area contributed by atoms with Crippen molar-refractivity contribution in [3.05, 3.63) is 29.5 Å². The summed E-state index contributed by atoms with van der Waals surface area (Å²) in [6.45, 7) is 5.66. The van der Waals surface area contributed by atoms with Gasteiger partial charge in [-0.15, -0.1) is 0 Å². The molecule has 7 heteroatoms. The summed E-state index contributed by atoms with van der Waals surface area (Å²) in [5.74, 6) is 0.114. The predicted octanol–water partition coefficient (Wildman–Crippen LogP) is -4.93. The van der Waals surface area contributed by atoms with Crippen LogP contribution in [-0.2, 0) is 19.5 Å². The van der Waals surface area contributed by atoms with Gasteiger partial charge in [0.1, 0.15) is 0 Å². The Bertz CT molecular complexity index is 341. The first-order valence-electron chi connectivity index (χ1n) is 5.20. The molecule has 1 aliphatic carbocycles. The fourth-order valence-corrected chi connectivity index (χ4v) is 1.65. The molecule has 0 fully saturated rings. The molecule has 0 aromatic carbocycles. The fraction of sp³-hybridized carbons (Fsp3) is 0.545. The van der Waals surface area contributed by atoms with Crippen molar-refractivity contribution in [2.45, 2.75) is 13.8 Å². The van der Waals surface area contributed by atoms with Crippen molar-refractivity contribution < 1.29 is 54.2 Å². The van der Waals surface area contributed by atoms with Gasteiger partial charge in [0.15, 0.2) is 0 Å². The van der Waals surface area contributed by atoms with Crippen LogP contribution in [-0.4, -0.2) is 40.2 Å². The number of hydrogen-bond donors (Lipinski definition) is 1. The zero-order valence-electron chi connectivity index (χ0n) is 10.7. The van der Waals surface area contributed by atoms with Crippen LogP contribution >= 0.6 is 0 Å². The maximum Gasteiger partial charge on any atom is 2.00 e. The topological polar surface area (TPSA) is 59.9 Å². The Kier molecular flexibility index (Phi) is 15.2. The summed E-state index contributed by atoms with van der Waals surface area (Å²) in [4.78, 5) is 5.30. The number of hydrogen-bond acceptors (Lipinski definition) is 2. The van der Waals surface area contributed by atoms with Crippen molar-refractivity contribution in [1.82, 2.24) is 4.90 Å². The molecule has 1 rings (SSSR count). The quantitative estimate of drug-likeness (QED) is 0.316. The molecule has 1 atom stereocenters. The van der Waals surface area contributed by atoms with Gasteiger partial charge in [-0.25, -0.2) is 0 Å². The zero-order valence-corrected chi connectivity index (χ0v) is 15.2. The molecule has 0 bridgehead atoms. The van der Waals surface area contributed by atoms with Crippen LogP contribution in [0.25, 0.3) is 5.53 Å². The predicted molar refractivity (Wildman–Crippen MR) is 59.3 cm³/mol. The SMILES string of the molecule is CCN(CCO)C1=CC(C)C(=[N+]=[N-])C=C1.[Cl-].[Cl-].[Zn+2]. The summed E-state index contributed by atoms with van der Waals surface area (Å²) in [7, 11) is 0. The molecule has 98 valence electrons. The van der Waals surface area contributed by atoms with Gasteiger partial charge in [0.25, 0.3) is 5.71 Å². The molecule has 0 saturated heterocycles. The number of likely N-dealkylation sites (N-methyl/N-ethyl adjacent to an activating group) is 1. The van der Waals surface area contributed by atoms with E-state index in [0.29, 0.717) is 12.3 Å². The molecule has 4 nitrogen and oxygen atoms in total. The number of nitrogens with zero attached hydrogens (tertiary/aromatic N) is 3. The number of aliphatic hydroxyl groups excluding tert-OH is 1. The molecule has 0 spiro atoms. The van der Waals surface area contributed by atoms with Crippen LogP contribution in [0.1, 0.15) is 13.8 Å². The molecular formula is C11H17Cl2N3OZn. The van der Waals surface area contributed by atoms with Gasteiger partial charge < -0.3 is 40.4 Å². The van der Waals surface area contributed by atoms with Crippen molar-refractivity contribution in [3.8, 4) is 0 Å². The minimum Gasteiger partial charge on any atom is -1.00 e.